The SMILES string of the molecule is COC(=O)c1cc(NC(C)c2ccsc2)c(F)cc1F. The molecule has 3 nitrogen and oxygen atoms in total. The van der Waals surface area contributed by atoms with Crippen LogP contribution in [0.3, 0.4) is 0 Å². The fourth-order valence-corrected chi connectivity index (χ4v) is 2.52. The molecule has 2 aromatic rings. The smallest absolute Gasteiger partial charge is 0.340 e. The number of halogens is 2. The van der Waals surface area contributed by atoms with E-state index in [0.29, 0.717) is 6.07 Å². The van der Waals surface area contributed by atoms with E-state index in [2.05, 4.69) is 10.1 Å². The number of nitrogens with one attached hydrogen (secondary N) is 1. The summed E-state index contributed by atoms with van der Waals surface area (Å²) in [5, 5.41) is 6.76. The van der Waals surface area contributed by atoms with Gasteiger partial charge in [0.15, 0.2) is 0 Å². The van der Waals surface area contributed by atoms with Gasteiger partial charge in [-0.3, -0.25) is 0 Å². The molecule has 0 bridgehead atoms. The molecule has 0 radical (unpaired) electrons. The molecule has 0 aliphatic rings. The zero-order chi connectivity index (χ0) is 14.7. The minimum absolute atomic E-state index is 0.0606. The van der Waals surface area contributed by atoms with Gasteiger partial charge in [-0.05, 0) is 35.4 Å². The van der Waals surface area contributed by atoms with E-state index in [-0.39, 0.29) is 17.3 Å². The molecule has 0 aliphatic carbocycles. The molecule has 1 unspecified atom stereocenters. The van der Waals surface area contributed by atoms with Crippen molar-refractivity contribution in [3.63, 3.8) is 0 Å². The lowest BCUT2D eigenvalue weighted by Crippen LogP contribution is -2.11. The molecule has 0 aliphatic heterocycles. The Bertz CT molecular complexity index is 614. The topological polar surface area (TPSA) is 38.3 Å². The summed E-state index contributed by atoms with van der Waals surface area (Å²) in [6.45, 7) is 1.85. The summed E-state index contributed by atoms with van der Waals surface area (Å²) in [5.41, 5.74) is 0.748. The number of thiophene rings is 1. The second kappa shape index (κ2) is 6.00. The largest absolute Gasteiger partial charge is 0.465 e. The van der Waals surface area contributed by atoms with Crippen LogP contribution in [0.2, 0.25) is 0 Å². The van der Waals surface area contributed by atoms with Gasteiger partial charge in [-0.25, -0.2) is 13.6 Å². The summed E-state index contributed by atoms with van der Waals surface area (Å²) in [7, 11) is 1.15. The van der Waals surface area contributed by atoms with Crippen LogP contribution in [0.4, 0.5) is 14.5 Å². The average molecular weight is 297 g/mol. The molecule has 20 heavy (non-hydrogen) atoms. The summed E-state index contributed by atoms with van der Waals surface area (Å²) < 4.78 is 31.7. The predicted octanol–water partition coefficient (Wildman–Crippen LogP) is 3.99. The third kappa shape index (κ3) is 2.96. The van der Waals surface area contributed by atoms with Crippen LogP contribution < -0.4 is 5.32 Å². The van der Waals surface area contributed by atoms with E-state index in [1.54, 1.807) is 0 Å². The summed E-state index contributed by atoms with van der Waals surface area (Å²) >= 11 is 1.53. The molecule has 2 rings (SSSR count). The Balaban J connectivity index is 2.29. The first-order chi connectivity index (χ1) is 9.52. The van der Waals surface area contributed by atoms with Crippen LogP contribution in [0.1, 0.15) is 28.9 Å². The van der Waals surface area contributed by atoms with E-state index in [1.165, 1.54) is 11.3 Å². The Kier molecular flexibility index (Phi) is 4.34. The van der Waals surface area contributed by atoms with Crippen molar-refractivity contribution in [2.24, 2.45) is 0 Å². The van der Waals surface area contributed by atoms with Gasteiger partial charge >= 0.3 is 5.97 Å². The van der Waals surface area contributed by atoms with E-state index >= 15 is 0 Å². The molecular weight excluding hydrogens is 284 g/mol. The standard InChI is InChI=1S/C14H13F2NO2S/c1-8(9-3-4-20-7-9)17-13-5-10(14(18)19-2)11(15)6-12(13)16/h3-8,17H,1-2H3. The molecule has 1 heterocycles. The second-order valence-electron chi connectivity index (χ2n) is 4.23. The first-order valence-corrected chi connectivity index (χ1v) is 6.83. The molecule has 1 aromatic heterocycles. The van der Waals surface area contributed by atoms with Crippen molar-refractivity contribution >= 4 is 23.0 Å². The van der Waals surface area contributed by atoms with E-state index < -0.39 is 17.6 Å². The van der Waals surface area contributed by atoms with Crippen molar-refractivity contribution in [2.45, 2.75) is 13.0 Å². The van der Waals surface area contributed by atoms with Crippen LogP contribution in [0.25, 0.3) is 0 Å². The van der Waals surface area contributed by atoms with E-state index in [4.69, 9.17) is 0 Å². The number of hydrogen-bond acceptors (Lipinski definition) is 4. The van der Waals surface area contributed by atoms with Crippen molar-refractivity contribution in [3.8, 4) is 0 Å². The maximum Gasteiger partial charge on any atom is 0.340 e. The van der Waals surface area contributed by atoms with Gasteiger partial charge in [0.25, 0.3) is 0 Å². The lowest BCUT2D eigenvalue weighted by Gasteiger charge is -2.15. The summed E-state index contributed by atoms with van der Waals surface area (Å²) in [5.74, 6) is -2.53. The number of carbonyl (C=O) groups is 1. The third-order valence-corrected chi connectivity index (χ3v) is 3.58. The van der Waals surface area contributed by atoms with Gasteiger partial charge < -0.3 is 10.1 Å². The molecule has 0 spiro atoms. The number of hydrogen-bond donors (Lipinski definition) is 1. The Morgan fingerprint density at radius 2 is 2.10 bits per heavy atom. The highest BCUT2D eigenvalue weighted by atomic mass is 32.1. The lowest BCUT2D eigenvalue weighted by atomic mass is 10.1. The van der Waals surface area contributed by atoms with Gasteiger partial charge in [0.05, 0.1) is 18.4 Å². The number of anilines is 1. The zero-order valence-electron chi connectivity index (χ0n) is 10.9. The molecule has 1 N–H and O–H groups in total. The highest BCUT2D eigenvalue weighted by Gasteiger charge is 2.18. The average Bonchev–Trinajstić information content (AvgIpc) is 2.95. The molecule has 106 valence electrons. The Morgan fingerprint density at radius 3 is 2.70 bits per heavy atom. The van der Waals surface area contributed by atoms with Crippen LogP contribution >= 0.6 is 11.3 Å². The second-order valence-corrected chi connectivity index (χ2v) is 5.01. The molecule has 0 saturated carbocycles. The van der Waals surface area contributed by atoms with E-state index in [1.807, 2.05) is 23.8 Å². The Morgan fingerprint density at radius 1 is 1.35 bits per heavy atom. The zero-order valence-corrected chi connectivity index (χ0v) is 11.8. The molecule has 1 aromatic carbocycles. The van der Waals surface area contributed by atoms with Crippen molar-refractivity contribution in [1.29, 1.82) is 0 Å². The van der Waals surface area contributed by atoms with Crippen LogP contribution in [-0.2, 0) is 4.74 Å². The van der Waals surface area contributed by atoms with Gasteiger partial charge in [-0.15, -0.1) is 0 Å². The number of benzene rings is 1. The number of methoxy groups -OCH3 is 1. The number of ether oxygens (including phenoxy) is 1. The van der Waals surface area contributed by atoms with Gasteiger partial charge in [-0.2, -0.15) is 11.3 Å². The first-order valence-electron chi connectivity index (χ1n) is 5.89. The summed E-state index contributed by atoms with van der Waals surface area (Å²) in [6, 6.07) is 3.55. The summed E-state index contributed by atoms with van der Waals surface area (Å²) in [6.07, 6.45) is 0. The monoisotopic (exact) mass is 297 g/mol. The van der Waals surface area contributed by atoms with Gasteiger partial charge in [0, 0.05) is 12.1 Å². The van der Waals surface area contributed by atoms with E-state index in [0.717, 1.165) is 18.7 Å². The summed E-state index contributed by atoms with van der Waals surface area (Å²) in [4.78, 5) is 11.4. The van der Waals surface area contributed by atoms with Crippen LogP contribution in [0.15, 0.2) is 29.0 Å². The lowest BCUT2D eigenvalue weighted by molar-refractivity contribution is 0.0595. The minimum atomic E-state index is -0.942. The number of esters is 1. The molecule has 1 atom stereocenters. The molecular formula is C14H13F2NO2S. The Hall–Kier alpha value is -1.95. The van der Waals surface area contributed by atoms with Crippen LogP contribution in [0, 0.1) is 11.6 Å². The maximum absolute atomic E-state index is 13.7. The molecule has 6 heteroatoms. The van der Waals surface area contributed by atoms with Crippen molar-refractivity contribution in [2.75, 3.05) is 12.4 Å². The quantitative estimate of drug-likeness (QED) is 0.867. The molecule has 0 amide bonds. The van der Waals surface area contributed by atoms with Gasteiger partial charge in [0.2, 0.25) is 0 Å². The van der Waals surface area contributed by atoms with Crippen LogP contribution in [-0.4, -0.2) is 13.1 Å². The normalized spacial score (nSPS) is 12.0. The van der Waals surface area contributed by atoms with Crippen molar-refractivity contribution in [1.82, 2.24) is 0 Å². The molecule has 0 fully saturated rings. The number of carbonyl (C=O) groups excluding carboxylic acids is 1. The number of rotatable bonds is 4. The third-order valence-electron chi connectivity index (χ3n) is 2.88. The van der Waals surface area contributed by atoms with Crippen molar-refractivity contribution < 1.29 is 18.3 Å². The first kappa shape index (κ1) is 14.5. The Labute approximate surface area is 119 Å². The van der Waals surface area contributed by atoms with E-state index in [9.17, 15) is 13.6 Å². The van der Waals surface area contributed by atoms with Crippen LogP contribution in [0.5, 0.6) is 0 Å². The fraction of sp³-hybridized carbons (Fsp3) is 0.214. The predicted molar refractivity (Wildman–Crippen MR) is 74.1 cm³/mol. The highest BCUT2D eigenvalue weighted by Crippen LogP contribution is 2.25. The van der Waals surface area contributed by atoms with Gasteiger partial charge in [-0.1, -0.05) is 0 Å². The molecule has 0 saturated heterocycles. The minimum Gasteiger partial charge on any atom is -0.465 e. The van der Waals surface area contributed by atoms with Gasteiger partial charge in [0.1, 0.15) is 11.6 Å². The van der Waals surface area contributed by atoms with Crippen molar-refractivity contribution in [3.05, 3.63) is 51.7 Å². The highest BCUT2D eigenvalue weighted by molar-refractivity contribution is 7.07. The fourth-order valence-electron chi connectivity index (χ4n) is 1.76. The maximum atomic E-state index is 13.7.